The van der Waals surface area contributed by atoms with E-state index in [1.807, 2.05) is 18.2 Å². The van der Waals surface area contributed by atoms with E-state index in [9.17, 15) is 0 Å². The van der Waals surface area contributed by atoms with E-state index in [4.69, 9.17) is 13.9 Å². The van der Waals surface area contributed by atoms with Crippen molar-refractivity contribution in [3.05, 3.63) is 28.9 Å². The van der Waals surface area contributed by atoms with E-state index >= 15 is 0 Å². The highest BCUT2D eigenvalue weighted by atomic mass is 79.9. The molecule has 0 amide bonds. The molecular weight excluding hydrogens is 260 g/mol. The summed E-state index contributed by atoms with van der Waals surface area (Å²) >= 11 is 3.43. The zero-order valence-corrected chi connectivity index (χ0v) is 9.49. The quantitative estimate of drug-likeness (QED) is 0.839. The van der Waals surface area contributed by atoms with Gasteiger partial charge in [-0.1, -0.05) is 0 Å². The molecule has 1 saturated heterocycles. The second-order valence-corrected chi connectivity index (χ2v) is 4.34. The lowest BCUT2D eigenvalue weighted by Crippen LogP contribution is -2.38. The molecule has 3 nitrogen and oxygen atoms in total. The van der Waals surface area contributed by atoms with Crippen LogP contribution in [0.5, 0.6) is 5.75 Å². The molecule has 78 valence electrons. The molecule has 0 radical (unpaired) electrons. The SMILES string of the molecule is Brc1ccc(OC2COC2)c2ccoc12. The number of fused-ring (bicyclic) bond motifs is 1. The van der Waals surface area contributed by atoms with Crippen molar-refractivity contribution in [2.75, 3.05) is 13.2 Å². The van der Waals surface area contributed by atoms with Crippen LogP contribution in [0.4, 0.5) is 0 Å². The molecule has 4 heteroatoms. The van der Waals surface area contributed by atoms with E-state index in [0.717, 1.165) is 21.2 Å². The molecule has 3 rings (SSSR count). The number of furan rings is 1. The second-order valence-electron chi connectivity index (χ2n) is 3.49. The highest BCUT2D eigenvalue weighted by molar-refractivity contribution is 9.10. The van der Waals surface area contributed by atoms with E-state index in [0.29, 0.717) is 13.2 Å². The van der Waals surface area contributed by atoms with Gasteiger partial charge in [-0.3, -0.25) is 0 Å². The molecule has 1 fully saturated rings. The summed E-state index contributed by atoms with van der Waals surface area (Å²) in [5.74, 6) is 0.857. The fourth-order valence-corrected chi connectivity index (χ4v) is 2.01. The van der Waals surface area contributed by atoms with Crippen molar-refractivity contribution in [3.63, 3.8) is 0 Å². The highest BCUT2D eigenvalue weighted by Crippen LogP contribution is 2.33. The van der Waals surface area contributed by atoms with Crippen molar-refractivity contribution >= 4 is 26.9 Å². The zero-order chi connectivity index (χ0) is 10.3. The molecule has 1 aliphatic heterocycles. The predicted octanol–water partition coefficient (Wildman–Crippen LogP) is 2.97. The zero-order valence-electron chi connectivity index (χ0n) is 7.90. The summed E-state index contributed by atoms with van der Waals surface area (Å²) < 4.78 is 17.1. The molecule has 1 aliphatic rings. The minimum atomic E-state index is 0.185. The predicted molar refractivity (Wildman–Crippen MR) is 59.1 cm³/mol. The Bertz CT molecular complexity index is 488. The average Bonchev–Trinajstić information content (AvgIpc) is 2.63. The molecule has 0 saturated carbocycles. The third kappa shape index (κ3) is 1.54. The summed E-state index contributed by atoms with van der Waals surface area (Å²) in [6, 6.07) is 5.79. The first-order chi connectivity index (χ1) is 7.34. The Morgan fingerprint density at radius 3 is 2.87 bits per heavy atom. The molecule has 1 aromatic carbocycles. The number of halogens is 1. The summed E-state index contributed by atoms with van der Waals surface area (Å²) in [6.07, 6.45) is 1.85. The van der Waals surface area contributed by atoms with Gasteiger partial charge in [0.1, 0.15) is 11.9 Å². The van der Waals surface area contributed by atoms with Crippen LogP contribution in [0.15, 0.2) is 33.4 Å². The molecule has 0 aliphatic carbocycles. The van der Waals surface area contributed by atoms with Gasteiger partial charge >= 0.3 is 0 Å². The van der Waals surface area contributed by atoms with Crippen LogP contribution in [0.3, 0.4) is 0 Å². The largest absolute Gasteiger partial charge is 0.485 e. The molecule has 0 unspecified atom stereocenters. The van der Waals surface area contributed by atoms with Crippen molar-refractivity contribution in [3.8, 4) is 5.75 Å². The maximum Gasteiger partial charge on any atom is 0.151 e. The van der Waals surface area contributed by atoms with Crippen molar-refractivity contribution < 1.29 is 13.9 Å². The monoisotopic (exact) mass is 268 g/mol. The van der Waals surface area contributed by atoms with Crippen LogP contribution >= 0.6 is 15.9 Å². The van der Waals surface area contributed by atoms with Crippen LogP contribution in [0.2, 0.25) is 0 Å². The van der Waals surface area contributed by atoms with E-state index < -0.39 is 0 Å². The van der Waals surface area contributed by atoms with E-state index in [1.165, 1.54) is 0 Å². The molecule has 2 aromatic rings. The molecule has 15 heavy (non-hydrogen) atoms. The van der Waals surface area contributed by atoms with Gasteiger partial charge in [-0.2, -0.15) is 0 Å². The number of ether oxygens (including phenoxy) is 2. The Kier molecular flexibility index (Phi) is 2.18. The Balaban J connectivity index is 2.02. The first kappa shape index (κ1) is 9.24. The number of rotatable bonds is 2. The number of hydrogen-bond donors (Lipinski definition) is 0. The van der Waals surface area contributed by atoms with E-state index in [1.54, 1.807) is 6.26 Å². The van der Waals surface area contributed by atoms with Gasteiger partial charge in [0.05, 0.1) is 29.3 Å². The summed E-state index contributed by atoms with van der Waals surface area (Å²) in [4.78, 5) is 0. The molecule has 0 spiro atoms. The van der Waals surface area contributed by atoms with E-state index in [-0.39, 0.29) is 6.10 Å². The van der Waals surface area contributed by atoms with Crippen molar-refractivity contribution in [1.29, 1.82) is 0 Å². The van der Waals surface area contributed by atoms with Crippen LogP contribution in [0, 0.1) is 0 Å². The fraction of sp³-hybridized carbons (Fsp3) is 0.273. The first-order valence-corrected chi connectivity index (χ1v) is 5.54. The minimum Gasteiger partial charge on any atom is -0.485 e. The van der Waals surface area contributed by atoms with Gasteiger partial charge in [-0.05, 0) is 34.1 Å². The molecule has 0 bridgehead atoms. The number of benzene rings is 1. The van der Waals surface area contributed by atoms with Gasteiger partial charge in [-0.15, -0.1) is 0 Å². The Labute approximate surface area is 95.1 Å². The first-order valence-electron chi connectivity index (χ1n) is 4.75. The van der Waals surface area contributed by atoms with Gasteiger partial charge in [0.15, 0.2) is 5.58 Å². The van der Waals surface area contributed by atoms with Crippen LogP contribution < -0.4 is 4.74 Å². The maximum absolute atomic E-state index is 5.77. The molecule has 0 N–H and O–H groups in total. The summed E-state index contributed by atoms with van der Waals surface area (Å²) in [5.41, 5.74) is 0.827. The molecule has 0 atom stereocenters. The molecule has 2 heterocycles. The summed E-state index contributed by atoms with van der Waals surface area (Å²) in [6.45, 7) is 1.35. The summed E-state index contributed by atoms with van der Waals surface area (Å²) in [7, 11) is 0. The standard InChI is InChI=1S/C11H9BrO3/c12-9-1-2-10(15-7-5-13-6-7)8-3-4-14-11(8)9/h1-4,7H,5-6H2. The summed E-state index contributed by atoms with van der Waals surface area (Å²) in [5, 5.41) is 0.997. The van der Waals surface area contributed by atoms with Crippen molar-refractivity contribution in [2.45, 2.75) is 6.10 Å². The smallest absolute Gasteiger partial charge is 0.151 e. The van der Waals surface area contributed by atoms with Crippen molar-refractivity contribution in [1.82, 2.24) is 0 Å². The average molecular weight is 269 g/mol. The number of hydrogen-bond acceptors (Lipinski definition) is 3. The van der Waals surface area contributed by atoms with Gasteiger partial charge in [0.25, 0.3) is 0 Å². The third-order valence-corrected chi connectivity index (χ3v) is 3.05. The third-order valence-electron chi connectivity index (χ3n) is 2.43. The van der Waals surface area contributed by atoms with Gasteiger partial charge in [0.2, 0.25) is 0 Å². The molecular formula is C11H9BrO3. The lowest BCUT2D eigenvalue weighted by molar-refractivity contribution is -0.0791. The van der Waals surface area contributed by atoms with E-state index in [2.05, 4.69) is 15.9 Å². The van der Waals surface area contributed by atoms with Gasteiger partial charge in [-0.25, -0.2) is 0 Å². The Morgan fingerprint density at radius 2 is 2.13 bits per heavy atom. The normalized spacial score (nSPS) is 16.6. The lowest BCUT2D eigenvalue weighted by atomic mass is 10.2. The van der Waals surface area contributed by atoms with Crippen molar-refractivity contribution in [2.24, 2.45) is 0 Å². The van der Waals surface area contributed by atoms with Gasteiger partial charge < -0.3 is 13.9 Å². The van der Waals surface area contributed by atoms with Crippen LogP contribution in [-0.4, -0.2) is 19.3 Å². The minimum absolute atomic E-state index is 0.185. The maximum atomic E-state index is 5.77. The fourth-order valence-electron chi connectivity index (χ4n) is 1.57. The molecule has 1 aromatic heterocycles. The topological polar surface area (TPSA) is 31.6 Å². The van der Waals surface area contributed by atoms with Crippen LogP contribution in [0.1, 0.15) is 0 Å². The van der Waals surface area contributed by atoms with Crippen LogP contribution in [-0.2, 0) is 4.74 Å². The Morgan fingerprint density at radius 1 is 1.27 bits per heavy atom. The van der Waals surface area contributed by atoms with Crippen LogP contribution in [0.25, 0.3) is 11.0 Å². The highest BCUT2D eigenvalue weighted by Gasteiger charge is 2.21. The Hall–Kier alpha value is -1.00. The lowest BCUT2D eigenvalue weighted by Gasteiger charge is -2.26. The second kappa shape index (κ2) is 3.54. The van der Waals surface area contributed by atoms with Gasteiger partial charge in [0, 0.05) is 0 Å².